The number of nitrogens with one attached hydrogen (secondary N) is 2. The van der Waals surface area contributed by atoms with Crippen molar-refractivity contribution in [3.8, 4) is 0 Å². The van der Waals surface area contributed by atoms with Gasteiger partial charge < -0.3 is 9.84 Å². The van der Waals surface area contributed by atoms with Crippen LogP contribution in [0.5, 0.6) is 0 Å². The third-order valence-corrected chi connectivity index (χ3v) is 2.73. The number of benzene rings is 1. The average molecular weight is 274 g/mol. The molecule has 0 spiro atoms. The number of aromatic carboxylic acids is 1. The number of carboxylic acids is 1. The van der Waals surface area contributed by atoms with Crippen LogP contribution in [0, 0.1) is 0 Å². The minimum Gasteiger partial charge on any atom is -0.478 e. The number of anilines is 1. The highest BCUT2D eigenvalue weighted by molar-refractivity contribution is 7.91. The Morgan fingerprint density at radius 1 is 1.28 bits per heavy atom. The predicted octanol–water partition coefficient (Wildman–Crippen LogP) is 0.397. The molecule has 9 heteroatoms. The van der Waals surface area contributed by atoms with Gasteiger partial charge in [0.1, 0.15) is 0 Å². The normalized spacial score (nSPS) is 10.5. The van der Waals surface area contributed by atoms with E-state index in [1.807, 2.05) is 4.72 Å². The van der Waals surface area contributed by atoms with Crippen molar-refractivity contribution in [1.82, 2.24) is 4.72 Å². The van der Waals surface area contributed by atoms with Crippen LogP contribution in [-0.4, -0.2) is 32.7 Å². The molecule has 0 atom stereocenters. The molecule has 0 aromatic heterocycles. The summed E-state index contributed by atoms with van der Waals surface area (Å²) in [5.74, 6) is -1.30. The molecule has 1 amide bonds. The number of ether oxygens (including phenoxy) is 1. The maximum absolute atomic E-state index is 11.4. The molecule has 8 nitrogen and oxygen atoms in total. The zero-order valence-electron chi connectivity index (χ0n) is 9.21. The summed E-state index contributed by atoms with van der Waals surface area (Å²) in [6.07, 6.45) is -1.18. The van der Waals surface area contributed by atoms with Crippen LogP contribution in [0.15, 0.2) is 24.3 Å². The maximum Gasteiger partial charge on any atom is 0.422 e. The van der Waals surface area contributed by atoms with E-state index in [2.05, 4.69) is 4.74 Å². The Bertz CT molecular complexity index is 568. The van der Waals surface area contributed by atoms with E-state index in [0.717, 1.165) is 7.11 Å². The Balaban J connectivity index is 2.98. The second-order valence-electron chi connectivity index (χ2n) is 3.05. The molecule has 0 heterocycles. The summed E-state index contributed by atoms with van der Waals surface area (Å²) in [5.41, 5.74) is -0.408. The van der Waals surface area contributed by atoms with Gasteiger partial charge in [0.25, 0.3) is 0 Å². The van der Waals surface area contributed by atoms with Gasteiger partial charge in [0, 0.05) is 0 Å². The molecular weight excluding hydrogens is 264 g/mol. The number of carboxylic acid groups (broad SMARTS) is 1. The fourth-order valence-corrected chi connectivity index (χ4v) is 1.90. The molecule has 0 fully saturated rings. The van der Waals surface area contributed by atoms with Crippen molar-refractivity contribution >= 4 is 28.0 Å². The summed E-state index contributed by atoms with van der Waals surface area (Å²) < 4.78 is 30.4. The van der Waals surface area contributed by atoms with Crippen molar-refractivity contribution in [2.75, 3.05) is 11.8 Å². The first-order chi connectivity index (χ1) is 8.35. The van der Waals surface area contributed by atoms with Gasteiger partial charge in [-0.25, -0.2) is 14.3 Å². The number of amides is 1. The molecule has 18 heavy (non-hydrogen) atoms. The van der Waals surface area contributed by atoms with Crippen molar-refractivity contribution in [2.45, 2.75) is 0 Å². The molecule has 0 aliphatic rings. The Hall–Kier alpha value is -2.29. The van der Waals surface area contributed by atoms with E-state index in [1.165, 1.54) is 29.0 Å². The van der Waals surface area contributed by atoms with Crippen LogP contribution in [0.25, 0.3) is 0 Å². The highest BCUT2D eigenvalue weighted by Gasteiger charge is 2.18. The van der Waals surface area contributed by atoms with Gasteiger partial charge in [0.05, 0.1) is 18.4 Å². The minimum atomic E-state index is -4.24. The molecule has 0 saturated heterocycles. The average Bonchev–Trinajstić information content (AvgIpc) is 2.28. The van der Waals surface area contributed by atoms with E-state index in [0.29, 0.717) is 0 Å². The first-order valence-corrected chi connectivity index (χ1v) is 6.05. The smallest absolute Gasteiger partial charge is 0.422 e. The lowest BCUT2D eigenvalue weighted by Gasteiger charge is -2.10. The topological polar surface area (TPSA) is 122 Å². The van der Waals surface area contributed by atoms with Crippen molar-refractivity contribution < 1.29 is 27.9 Å². The van der Waals surface area contributed by atoms with Crippen molar-refractivity contribution in [1.29, 1.82) is 0 Å². The molecule has 1 rings (SSSR count). The first-order valence-electron chi connectivity index (χ1n) is 4.56. The Kier molecular flexibility index (Phi) is 4.10. The lowest BCUT2D eigenvalue weighted by Crippen LogP contribution is -2.35. The van der Waals surface area contributed by atoms with Gasteiger partial charge in [-0.2, -0.15) is 8.42 Å². The second kappa shape index (κ2) is 5.36. The third-order valence-electron chi connectivity index (χ3n) is 1.80. The number of carbonyl (C=O) groups excluding carboxylic acids is 1. The fourth-order valence-electron chi connectivity index (χ4n) is 1.08. The van der Waals surface area contributed by atoms with Gasteiger partial charge in [-0.05, 0) is 12.1 Å². The maximum atomic E-state index is 11.4. The monoisotopic (exact) mass is 274 g/mol. The quantitative estimate of drug-likeness (QED) is 0.730. The summed E-state index contributed by atoms with van der Waals surface area (Å²) in [6, 6.07) is 5.36. The van der Waals surface area contributed by atoms with Crippen LogP contribution in [0.1, 0.15) is 10.4 Å². The Morgan fingerprint density at radius 2 is 1.89 bits per heavy atom. The van der Waals surface area contributed by atoms with E-state index in [4.69, 9.17) is 5.11 Å². The molecule has 0 unspecified atom stereocenters. The Labute approximate surface area is 103 Å². The molecule has 0 aliphatic carbocycles. The fraction of sp³-hybridized carbons (Fsp3) is 0.111. The summed E-state index contributed by atoms with van der Waals surface area (Å²) >= 11 is 0. The molecule has 0 bridgehead atoms. The molecule has 0 aliphatic heterocycles. The van der Waals surface area contributed by atoms with Crippen LogP contribution in [0.3, 0.4) is 0 Å². The molecule has 1 aromatic carbocycles. The highest BCUT2D eigenvalue weighted by atomic mass is 32.2. The van der Waals surface area contributed by atoms with Crippen molar-refractivity contribution in [2.24, 2.45) is 0 Å². The number of hydrogen-bond acceptors (Lipinski definition) is 5. The minimum absolute atomic E-state index is 0.165. The summed E-state index contributed by atoms with van der Waals surface area (Å²) in [5, 5.41) is 8.84. The molecule has 0 saturated carbocycles. The summed E-state index contributed by atoms with van der Waals surface area (Å²) in [4.78, 5) is 21.6. The van der Waals surface area contributed by atoms with Crippen LogP contribution in [0.4, 0.5) is 10.5 Å². The van der Waals surface area contributed by atoms with E-state index in [9.17, 15) is 18.0 Å². The SMILES string of the molecule is COC(=O)NS(=O)(=O)Nc1ccccc1C(=O)O. The molecule has 1 aromatic rings. The van der Waals surface area contributed by atoms with Crippen LogP contribution >= 0.6 is 0 Å². The van der Waals surface area contributed by atoms with Crippen LogP contribution < -0.4 is 9.44 Å². The predicted molar refractivity (Wildman–Crippen MR) is 61.5 cm³/mol. The van der Waals surface area contributed by atoms with E-state index >= 15 is 0 Å². The third kappa shape index (κ3) is 3.63. The molecule has 98 valence electrons. The van der Waals surface area contributed by atoms with Gasteiger partial charge in [0.2, 0.25) is 0 Å². The molecule has 0 radical (unpaired) electrons. The highest BCUT2D eigenvalue weighted by Crippen LogP contribution is 2.15. The zero-order chi connectivity index (χ0) is 13.8. The zero-order valence-corrected chi connectivity index (χ0v) is 10.0. The van der Waals surface area contributed by atoms with Crippen molar-refractivity contribution in [3.63, 3.8) is 0 Å². The Morgan fingerprint density at radius 3 is 2.44 bits per heavy atom. The number of carbonyl (C=O) groups is 2. The largest absolute Gasteiger partial charge is 0.478 e. The van der Waals surface area contributed by atoms with Gasteiger partial charge in [-0.15, -0.1) is 0 Å². The molecular formula is C9H10N2O6S. The number of methoxy groups -OCH3 is 1. The lowest BCUT2D eigenvalue weighted by atomic mass is 10.2. The van der Waals surface area contributed by atoms with Gasteiger partial charge in [-0.1, -0.05) is 12.1 Å². The lowest BCUT2D eigenvalue weighted by molar-refractivity contribution is 0.0698. The van der Waals surface area contributed by atoms with E-state index in [1.54, 1.807) is 0 Å². The van der Waals surface area contributed by atoms with Gasteiger partial charge >= 0.3 is 22.3 Å². The van der Waals surface area contributed by atoms with Gasteiger partial charge in [-0.3, -0.25) is 4.72 Å². The second-order valence-corrected chi connectivity index (χ2v) is 4.47. The van der Waals surface area contributed by atoms with Gasteiger partial charge in [0.15, 0.2) is 0 Å². The number of rotatable bonds is 4. The van der Waals surface area contributed by atoms with E-state index in [-0.39, 0.29) is 11.3 Å². The van der Waals surface area contributed by atoms with Crippen LogP contribution in [0.2, 0.25) is 0 Å². The van der Waals surface area contributed by atoms with Crippen LogP contribution in [-0.2, 0) is 14.9 Å². The van der Waals surface area contributed by atoms with E-state index < -0.39 is 22.3 Å². The summed E-state index contributed by atoms with van der Waals surface area (Å²) in [7, 11) is -3.24. The number of hydrogen-bond donors (Lipinski definition) is 3. The first kappa shape index (κ1) is 13.8. The summed E-state index contributed by atoms with van der Waals surface area (Å²) in [6.45, 7) is 0. The van der Waals surface area contributed by atoms with Crippen molar-refractivity contribution in [3.05, 3.63) is 29.8 Å². The molecule has 3 N–H and O–H groups in total. The standard InChI is InChI=1S/C9H10N2O6S/c1-17-9(14)11-18(15,16)10-7-5-3-2-4-6(7)8(12)13/h2-5,10H,1H3,(H,11,14)(H,12,13). The number of para-hydroxylation sites is 1.